The highest BCUT2D eigenvalue weighted by molar-refractivity contribution is 5.66. The molecule has 1 unspecified atom stereocenters. The highest BCUT2D eigenvalue weighted by Crippen LogP contribution is 2.29. The van der Waals surface area contributed by atoms with E-state index in [0.29, 0.717) is 17.7 Å². The number of nitrogens with two attached hydrogens (primary N) is 1. The molecule has 5 heteroatoms. The molecule has 0 fully saturated rings. The second-order valence-corrected chi connectivity index (χ2v) is 3.47. The molecule has 1 aromatic rings. The summed E-state index contributed by atoms with van der Waals surface area (Å²) in [4.78, 5) is 10.4. The van der Waals surface area contributed by atoms with Gasteiger partial charge in [0, 0.05) is 12.5 Å². The molecule has 0 aliphatic carbocycles. The summed E-state index contributed by atoms with van der Waals surface area (Å²) in [6.45, 7) is 0. The first-order valence-corrected chi connectivity index (χ1v) is 4.89. The third kappa shape index (κ3) is 3.13. The average Bonchev–Trinajstić information content (AvgIpc) is 2.25. The Morgan fingerprint density at radius 1 is 1.56 bits per heavy atom. The van der Waals surface area contributed by atoms with Crippen LogP contribution in [-0.2, 0) is 4.79 Å². The molecule has 88 valence electrons. The van der Waals surface area contributed by atoms with E-state index in [4.69, 9.17) is 15.6 Å². The Labute approximate surface area is 93.5 Å². The zero-order chi connectivity index (χ0) is 12.1. The summed E-state index contributed by atoms with van der Waals surface area (Å²) in [7, 11) is 1.46. The molecule has 5 nitrogen and oxygen atoms in total. The molecule has 0 saturated carbocycles. The Morgan fingerprint density at radius 3 is 2.75 bits per heavy atom. The zero-order valence-electron chi connectivity index (χ0n) is 9.01. The van der Waals surface area contributed by atoms with E-state index in [2.05, 4.69) is 0 Å². The molecule has 0 spiro atoms. The Bertz CT molecular complexity index is 378. The standard InChI is InChI=1S/C11H15NO4/c1-16-10-4-2-7(6-9(10)13)8(12)3-5-11(14)15/h2,4,6,8,13H,3,5,12H2,1H3,(H,14,15). The van der Waals surface area contributed by atoms with Crippen molar-refractivity contribution in [2.24, 2.45) is 5.73 Å². The van der Waals surface area contributed by atoms with E-state index in [1.165, 1.54) is 13.2 Å². The fourth-order valence-corrected chi connectivity index (χ4v) is 1.38. The van der Waals surface area contributed by atoms with Crippen molar-refractivity contribution in [2.45, 2.75) is 18.9 Å². The summed E-state index contributed by atoms with van der Waals surface area (Å²) >= 11 is 0. The zero-order valence-corrected chi connectivity index (χ0v) is 9.01. The molecule has 0 bridgehead atoms. The lowest BCUT2D eigenvalue weighted by molar-refractivity contribution is -0.137. The summed E-state index contributed by atoms with van der Waals surface area (Å²) in [5, 5.41) is 18.0. The van der Waals surface area contributed by atoms with Gasteiger partial charge in [-0.25, -0.2) is 0 Å². The van der Waals surface area contributed by atoms with Crippen LogP contribution in [0.15, 0.2) is 18.2 Å². The molecule has 1 aromatic carbocycles. The third-order valence-electron chi connectivity index (χ3n) is 2.30. The van der Waals surface area contributed by atoms with Gasteiger partial charge in [-0.15, -0.1) is 0 Å². The second-order valence-electron chi connectivity index (χ2n) is 3.47. The number of aliphatic carboxylic acids is 1. The lowest BCUT2D eigenvalue weighted by Gasteiger charge is -2.12. The van der Waals surface area contributed by atoms with Gasteiger partial charge in [0.2, 0.25) is 0 Å². The molecule has 1 atom stereocenters. The minimum absolute atomic E-state index is 0.00535. The van der Waals surface area contributed by atoms with Gasteiger partial charge in [0.15, 0.2) is 11.5 Å². The molecule has 1 rings (SSSR count). The van der Waals surface area contributed by atoms with Crippen molar-refractivity contribution in [3.05, 3.63) is 23.8 Å². The second kappa shape index (κ2) is 5.37. The summed E-state index contributed by atoms with van der Waals surface area (Å²) < 4.78 is 4.89. The summed E-state index contributed by atoms with van der Waals surface area (Å²) in [5.41, 5.74) is 6.48. The molecular weight excluding hydrogens is 210 g/mol. The van der Waals surface area contributed by atoms with Crippen molar-refractivity contribution >= 4 is 5.97 Å². The van der Waals surface area contributed by atoms with E-state index in [-0.39, 0.29) is 12.2 Å². The average molecular weight is 225 g/mol. The summed E-state index contributed by atoms with van der Waals surface area (Å²) in [6, 6.07) is 4.41. The minimum atomic E-state index is -0.881. The quantitative estimate of drug-likeness (QED) is 0.701. The lowest BCUT2D eigenvalue weighted by atomic mass is 10.0. The van der Waals surface area contributed by atoms with Gasteiger partial charge in [0.05, 0.1) is 7.11 Å². The van der Waals surface area contributed by atoms with Crippen LogP contribution < -0.4 is 10.5 Å². The number of phenolic OH excluding ortho intramolecular Hbond substituents is 1. The van der Waals surface area contributed by atoms with E-state index in [1.807, 2.05) is 0 Å². The maximum absolute atomic E-state index is 10.4. The van der Waals surface area contributed by atoms with Crippen molar-refractivity contribution in [1.29, 1.82) is 0 Å². The molecule has 4 N–H and O–H groups in total. The van der Waals surface area contributed by atoms with Crippen LogP contribution in [0.25, 0.3) is 0 Å². The van der Waals surface area contributed by atoms with E-state index < -0.39 is 12.0 Å². The highest BCUT2D eigenvalue weighted by atomic mass is 16.5. The lowest BCUT2D eigenvalue weighted by Crippen LogP contribution is -2.12. The van der Waals surface area contributed by atoms with Gasteiger partial charge in [-0.3, -0.25) is 4.79 Å². The number of phenols is 1. The maximum Gasteiger partial charge on any atom is 0.303 e. The number of carboxylic acids is 1. The number of carboxylic acid groups (broad SMARTS) is 1. The Balaban J connectivity index is 2.72. The Morgan fingerprint density at radius 2 is 2.25 bits per heavy atom. The largest absolute Gasteiger partial charge is 0.504 e. The maximum atomic E-state index is 10.4. The number of methoxy groups -OCH3 is 1. The molecule has 0 aliphatic heterocycles. The van der Waals surface area contributed by atoms with E-state index in [0.717, 1.165) is 0 Å². The molecule has 0 saturated heterocycles. The van der Waals surface area contributed by atoms with E-state index in [9.17, 15) is 9.90 Å². The van der Waals surface area contributed by atoms with Crippen LogP contribution in [0.1, 0.15) is 24.4 Å². The van der Waals surface area contributed by atoms with Crippen LogP contribution in [0.4, 0.5) is 0 Å². The molecule has 0 aliphatic rings. The number of ether oxygens (including phenoxy) is 1. The molecule has 16 heavy (non-hydrogen) atoms. The number of aromatic hydroxyl groups is 1. The van der Waals surface area contributed by atoms with Crippen molar-refractivity contribution in [3.8, 4) is 11.5 Å². The molecule has 0 amide bonds. The monoisotopic (exact) mass is 225 g/mol. The van der Waals surface area contributed by atoms with Crippen molar-refractivity contribution in [2.75, 3.05) is 7.11 Å². The summed E-state index contributed by atoms with van der Waals surface area (Å²) in [5.74, 6) is -0.506. The first kappa shape index (κ1) is 12.3. The number of carbonyl (C=O) groups is 1. The van der Waals surface area contributed by atoms with Crippen molar-refractivity contribution in [1.82, 2.24) is 0 Å². The van der Waals surface area contributed by atoms with Gasteiger partial charge < -0.3 is 20.7 Å². The van der Waals surface area contributed by atoms with Gasteiger partial charge in [-0.2, -0.15) is 0 Å². The first-order valence-electron chi connectivity index (χ1n) is 4.89. The van der Waals surface area contributed by atoms with Crippen LogP contribution in [0.2, 0.25) is 0 Å². The van der Waals surface area contributed by atoms with Crippen molar-refractivity contribution < 1.29 is 19.7 Å². The number of hydrogen-bond acceptors (Lipinski definition) is 4. The molecule has 0 radical (unpaired) electrons. The van der Waals surface area contributed by atoms with E-state index >= 15 is 0 Å². The SMILES string of the molecule is COc1ccc(C(N)CCC(=O)O)cc1O. The Kier molecular flexibility index (Phi) is 4.13. The third-order valence-corrected chi connectivity index (χ3v) is 2.30. The minimum Gasteiger partial charge on any atom is -0.504 e. The molecular formula is C11H15NO4. The molecule has 0 aromatic heterocycles. The number of benzene rings is 1. The predicted octanol–water partition coefficient (Wildman–Crippen LogP) is 1.27. The fraction of sp³-hybridized carbons (Fsp3) is 0.364. The van der Waals surface area contributed by atoms with Crippen LogP contribution in [0.3, 0.4) is 0 Å². The summed E-state index contributed by atoms with van der Waals surface area (Å²) in [6.07, 6.45) is 0.342. The topological polar surface area (TPSA) is 92.8 Å². The highest BCUT2D eigenvalue weighted by Gasteiger charge is 2.11. The number of hydrogen-bond donors (Lipinski definition) is 3. The Hall–Kier alpha value is -1.75. The fourth-order valence-electron chi connectivity index (χ4n) is 1.38. The van der Waals surface area contributed by atoms with Gasteiger partial charge >= 0.3 is 5.97 Å². The van der Waals surface area contributed by atoms with Crippen LogP contribution in [0, 0.1) is 0 Å². The van der Waals surface area contributed by atoms with Gasteiger partial charge in [0.1, 0.15) is 0 Å². The normalized spacial score (nSPS) is 12.1. The smallest absolute Gasteiger partial charge is 0.303 e. The van der Waals surface area contributed by atoms with Crippen LogP contribution in [0.5, 0.6) is 11.5 Å². The van der Waals surface area contributed by atoms with E-state index in [1.54, 1.807) is 12.1 Å². The van der Waals surface area contributed by atoms with Gasteiger partial charge in [-0.1, -0.05) is 6.07 Å². The first-order chi connectivity index (χ1) is 7.54. The van der Waals surface area contributed by atoms with Gasteiger partial charge in [-0.05, 0) is 24.1 Å². The van der Waals surface area contributed by atoms with Crippen molar-refractivity contribution in [3.63, 3.8) is 0 Å². The molecule has 0 heterocycles. The van der Waals surface area contributed by atoms with Crippen LogP contribution >= 0.6 is 0 Å². The predicted molar refractivity (Wildman–Crippen MR) is 58.5 cm³/mol. The van der Waals surface area contributed by atoms with Gasteiger partial charge in [0.25, 0.3) is 0 Å². The number of rotatable bonds is 5. The van der Waals surface area contributed by atoms with Crippen LogP contribution in [-0.4, -0.2) is 23.3 Å².